The van der Waals surface area contributed by atoms with Crippen LogP contribution >= 0.6 is 0 Å². The normalized spacial score (nSPS) is 25.0. The van der Waals surface area contributed by atoms with Crippen molar-refractivity contribution in [2.75, 3.05) is 26.2 Å². The van der Waals surface area contributed by atoms with Gasteiger partial charge in [-0.2, -0.15) is 0 Å². The summed E-state index contributed by atoms with van der Waals surface area (Å²) in [7, 11) is 0. The first-order valence-corrected chi connectivity index (χ1v) is 7.34. The van der Waals surface area contributed by atoms with Gasteiger partial charge in [0.15, 0.2) is 0 Å². The second-order valence-corrected chi connectivity index (χ2v) is 5.94. The number of quaternary nitrogens is 1. The highest BCUT2D eigenvalue weighted by Gasteiger charge is 2.22. The molecule has 0 spiro atoms. The molecule has 3 atom stereocenters. The summed E-state index contributed by atoms with van der Waals surface area (Å²) in [5.74, 6) is 1.63. The summed E-state index contributed by atoms with van der Waals surface area (Å²) < 4.78 is 5.65. The molecule has 1 heterocycles. The minimum absolute atomic E-state index is 0.374. The van der Waals surface area contributed by atoms with Crippen molar-refractivity contribution >= 4 is 0 Å². The van der Waals surface area contributed by atoms with Crippen LogP contribution in [0.25, 0.3) is 0 Å². The van der Waals surface area contributed by atoms with Crippen LogP contribution in [-0.2, 0) is 0 Å². The van der Waals surface area contributed by atoms with Crippen molar-refractivity contribution in [3.8, 4) is 5.75 Å². The van der Waals surface area contributed by atoms with Crippen LogP contribution in [0, 0.1) is 12.8 Å². The number of piperidine rings is 1. The Bertz CT molecular complexity index is 394. The third-order valence-electron chi connectivity index (χ3n) is 3.82. The highest BCUT2D eigenvalue weighted by molar-refractivity contribution is 5.27. The zero-order chi connectivity index (χ0) is 13.7. The van der Waals surface area contributed by atoms with Gasteiger partial charge in [-0.15, -0.1) is 0 Å². The highest BCUT2D eigenvalue weighted by Crippen LogP contribution is 2.12. The first kappa shape index (κ1) is 14.4. The Morgan fingerprint density at radius 3 is 3.05 bits per heavy atom. The zero-order valence-corrected chi connectivity index (χ0v) is 12.1. The molecule has 1 aromatic carbocycles. The van der Waals surface area contributed by atoms with Gasteiger partial charge in [-0.25, -0.2) is 0 Å². The van der Waals surface area contributed by atoms with Crippen LogP contribution < -0.4 is 9.64 Å². The molecular weight excluding hydrogens is 238 g/mol. The van der Waals surface area contributed by atoms with Gasteiger partial charge in [0.25, 0.3) is 0 Å². The van der Waals surface area contributed by atoms with E-state index in [9.17, 15) is 5.11 Å². The van der Waals surface area contributed by atoms with Gasteiger partial charge in [0, 0.05) is 5.92 Å². The Morgan fingerprint density at radius 2 is 2.32 bits per heavy atom. The number of hydrogen-bond acceptors (Lipinski definition) is 2. The molecule has 3 nitrogen and oxygen atoms in total. The van der Waals surface area contributed by atoms with E-state index in [1.165, 1.54) is 36.4 Å². The van der Waals surface area contributed by atoms with E-state index in [0.717, 1.165) is 18.2 Å². The van der Waals surface area contributed by atoms with Crippen molar-refractivity contribution in [2.24, 2.45) is 5.92 Å². The number of ether oxygens (including phenoxy) is 1. The molecule has 1 aliphatic rings. The molecule has 0 radical (unpaired) electrons. The molecule has 2 N–H and O–H groups in total. The predicted octanol–water partition coefficient (Wildman–Crippen LogP) is 1.05. The predicted molar refractivity (Wildman–Crippen MR) is 76.6 cm³/mol. The van der Waals surface area contributed by atoms with E-state index in [2.05, 4.69) is 6.92 Å². The van der Waals surface area contributed by atoms with Crippen molar-refractivity contribution < 1.29 is 14.7 Å². The fourth-order valence-electron chi connectivity index (χ4n) is 2.87. The van der Waals surface area contributed by atoms with E-state index in [1.54, 1.807) is 0 Å². The molecule has 1 fully saturated rings. The van der Waals surface area contributed by atoms with Gasteiger partial charge in [-0.05, 0) is 37.5 Å². The van der Waals surface area contributed by atoms with Crippen LogP contribution in [0.15, 0.2) is 24.3 Å². The van der Waals surface area contributed by atoms with Gasteiger partial charge in [0.1, 0.15) is 25.0 Å². The third-order valence-corrected chi connectivity index (χ3v) is 3.82. The van der Waals surface area contributed by atoms with Crippen molar-refractivity contribution in [3.05, 3.63) is 29.8 Å². The van der Waals surface area contributed by atoms with E-state index in [1.807, 2.05) is 31.2 Å². The third kappa shape index (κ3) is 4.84. The molecule has 1 saturated heterocycles. The van der Waals surface area contributed by atoms with Crippen molar-refractivity contribution in [1.29, 1.82) is 0 Å². The number of aliphatic hydroxyl groups is 1. The standard InChI is InChI=1S/C16H25NO2/c1-13-5-3-7-16(9-13)19-12-15(18)11-17-8-4-6-14(2)10-17/h3,5,7,9,14-15,18H,4,6,8,10-12H2,1-2H3/p+1/t14-,15+/m0/s1. The molecule has 1 aliphatic heterocycles. The fraction of sp³-hybridized carbons (Fsp3) is 0.625. The molecule has 106 valence electrons. The lowest BCUT2D eigenvalue weighted by molar-refractivity contribution is -0.911. The van der Waals surface area contributed by atoms with Crippen LogP contribution in [0.2, 0.25) is 0 Å². The first-order valence-electron chi connectivity index (χ1n) is 7.34. The van der Waals surface area contributed by atoms with Crippen LogP contribution in [-0.4, -0.2) is 37.5 Å². The number of hydrogen-bond donors (Lipinski definition) is 2. The average Bonchev–Trinajstić information content (AvgIpc) is 2.36. The van der Waals surface area contributed by atoms with Crippen molar-refractivity contribution in [1.82, 2.24) is 0 Å². The second kappa shape index (κ2) is 6.92. The molecule has 1 aromatic rings. The van der Waals surface area contributed by atoms with E-state index < -0.39 is 0 Å². The van der Waals surface area contributed by atoms with E-state index in [-0.39, 0.29) is 6.10 Å². The molecule has 0 bridgehead atoms. The summed E-state index contributed by atoms with van der Waals surface area (Å²) in [6.07, 6.45) is 2.24. The molecule has 0 aliphatic carbocycles. The Balaban J connectivity index is 1.73. The zero-order valence-electron chi connectivity index (χ0n) is 12.1. The largest absolute Gasteiger partial charge is 0.491 e. The minimum atomic E-state index is -0.374. The SMILES string of the molecule is Cc1cccc(OC[C@H](O)C[NH+]2CCC[C@H](C)C2)c1. The number of rotatable bonds is 5. The van der Waals surface area contributed by atoms with Crippen LogP contribution in [0.3, 0.4) is 0 Å². The number of likely N-dealkylation sites (tertiary alicyclic amines) is 1. The second-order valence-electron chi connectivity index (χ2n) is 5.94. The Hall–Kier alpha value is -1.06. The molecule has 0 saturated carbocycles. The summed E-state index contributed by atoms with van der Waals surface area (Å²) in [5.41, 5.74) is 1.18. The first-order chi connectivity index (χ1) is 9.13. The van der Waals surface area contributed by atoms with Crippen molar-refractivity contribution in [2.45, 2.75) is 32.8 Å². The van der Waals surface area contributed by atoms with Gasteiger partial charge in [-0.3, -0.25) is 0 Å². The molecule has 19 heavy (non-hydrogen) atoms. The van der Waals surface area contributed by atoms with E-state index in [0.29, 0.717) is 6.61 Å². The quantitative estimate of drug-likeness (QED) is 0.833. The lowest BCUT2D eigenvalue weighted by Gasteiger charge is -2.29. The van der Waals surface area contributed by atoms with Crippen LogP contribution in [0.4, 0.5) is 0 Å². The minimum Gasteiger partial charge on any atom is -0.491 e. The van der Waals surface area contributed by atoms with Gasteiger partial charge in [0.05, 0.1) is 13.1 Å². The maximum absolute atomic E-state index is 10.1. The van der Waals surface area contributed by atoms with Crippen LogP contribution in [0.5, 0.6) is 5.75 Å². The van der Waals surface area contributed by atoms with Gasteiger partial charge >= 0.3 is 0 Å². The molecule has 1 unspecified atom stereocenters. The monoisotopic (exact) mass is 264 g/mol. The molecule has 2 rings (SSSR count). The smallest absolute Gasteiger partial charge is 0.137 e. The number of aryl methyl sites for hydroxylation is 1. The maximum Gasteiger partial charge on any atom is 0.137 e. The average molecular weight is 264 g/mol. The highest BCUT2D eigenvalue weighted by atomic mass is 16.5. The molecular formula is C16H26NO2+. The van der Waals surface area contributed by atoms with Gasteiger partial charge in [0.2, 0.25) is 0 Å². The number of benzene rings is 1. The van der Waals surface area contributed by atoms with E-state index in [4.69, 9.17) is 4.74 Å². The van der Waals surface area contributed by atoms with Crippen LogP contribution in [0.1, 0.15) is 25.3 Å². The summed E-state index contributed by atoms with van der Waals surface area (Å²) in [4.78, 5) is 1.51. The van der Waals surface area contributed by atoms with Crippen molar-refractivity contribution in [3.63, 3.8) is 0 Å². The lowest BCUT2D eigenvalue weighted by Crippen LogP contribution is -3.14. The molecule has 0 amide bonds. The summed E-state index contributed by atoms with van der Waals surface area (Å²) in [6.45, 7) is 7.90. The Labute approximate surface area is 116 Å². The summed E-state index contributed by atoms with van der Waals surface area (Å²) in [6, 6.07) is 7.97. The Morgan fingerprint density at radius 1 is 1.47 bits per heavy atom. The van der Waals surface area contributed by atoms with Gasteiger partial charge in [-0.1, -0.05) is 19.1 Å². The molecule has 3 heteroatoms. The molecule has 0 aromatic heterocycles. The lowest BCUT2D eigenvalue weighted by atomic mass is 10.0. The summed E-state index contributed by atoms with van der Waals surface area (Å²) in [5, 5.41) is 10.1. The number of nitrogens with one attached hydrogen (secondary N) is 1. The van der Waals surface area contributed by atoms with Gasteiger partial charge < -0.3 is 14.7 Å². The topological polar surface area (TPSA) is 33.9 Å². The Kier molecular flexibility index (Phi) is 5.23. The van der Waals surface area contributed by atoms with E-state index >= 15 is 0 Å². The summed E-state index contributed by atoms with van der Waals surface area (Å²) >= 11 is 0. The number of aliphatic hydroxyl groups excluding tert-OH is 1. The fourth-order valence-corrected chi connectivity index (χ4v) is 2.87. The maximum atomic E-state index is 10.1.